The number of halogens is 1. The van der Waals surface area contributed by atoms with Gasteiger partial charge in [-0.05, 0) is 45.8 Å². The molecule has 8 heteroatoms. The highest BCUT2D eigenvalue weighted by Crippen LogP contribution is 2.25. The van der Waals surface area contributed by atoms with Gasteiger partial charge in [-0.25, -0.2) is 18.1 Å². The van der Waals surface area contributed by atoms with Gasteiger partial charge in [0.15, 0.2) is 0 Å². The van der Waals surface area contributed by atoms with Crippen molar-refractivity contribution >= 4 is 43.5 Å². The molecule has 0 saturated carbocycles. The third kappa shape index (κ3) is 3.84. The topological polar surface area (TPSA) is 71.1 Å². The van der Waals surface area contributed by atoms with Gasteiger partial charge in [-0.2, -0.15) is 11.8 Å². The number of hydrogen-bond donors (Lipinski definition) is 2. The number of sulfonamides is 1. The van der Waals surface area contributed by atoms with Crippen molar-refractivity contribution in [3.05, 3.63) is 16.7 Å². The van der Waals surface area contributed by atoms with Crippen LogP contribution in [0.25, 0.3) is 0 Å². The molecule has 1 atom stereocenters. The zero-order valence-corrected chi connectivity index (χ0v) is 13.7. The summed E-state index contributed by atoms with van der Waals surface area (Å²) in [6.07, 6.45) is 2.64. The Kier molecular flexibility index (Phi) is 5.10. The van der Waals surface area contributed by atoms with Crippen molar-refractivity contribution in [3.63, 3.8) is 0 Å². The van der Waals surface area contributed by atoms with Crippen molar-refractivity contribution in [2.45, 2.75) is 11.3 Å². The van der Waals surface area contributed by atoms with Crippen LogP contribution in [0, 0.1) is 5.92 Å². The predicted octanol–water partition coefficient (Wildman–Crippen LogP) is 1.92. The van der Waals surface area contributed by atoms with E-state index in [-0.39, 0.29) is 4.90 Å². The summed E-state index contributed by atoms with van der Waals surface area (Å²) in [6.45, 7) is 0.491. The minimum atomic E-state index is -3.53. The lowest BCUT2D eigenvalue weighted by Crippen LogP contribution is -2.30. The fourth-order valence-corrected chi connectivity index (χ4v) is 4.93. The average molecular weight is 366 g/mol. The molecule has 1 aliphatic rings. The SMILES string of the molecule is CNc1ncc(Br)cc1S(=O)(=O)NCC1CCSC1. The first-order valence-electron chi connectivity index (χ1n) is 5.93. The summed E-state index contributed by atoms with van der Waals surface area (Å²) in [5, 5.41) is 2.80. The Balaban J connectivity index is 2.16. The van der Waals surface area contributed by atoms with Gasteiger partial charge >= 0.3 is 0 Å². The Bertz CT molecular complexity index is 545. The van der Waals surface area contributed by atoms with Crippen LogP contribution in [0.5, 0.6) is 0 Å². The van der Waals surface area contributed by atoms with E-state index in [1.807, 2.05) is 11.8 Å². The lowest BCUT2D eigenvalue weighted by molar-refractivity contribution is 0.546. The summed E-state index contributed by atoms with van der Waals surface area (Å²) in [7, 11) is -1.87. The molecule has 1 saturated heterocycles. The van der Waals surface area contributed by atoms with E-state index in [4.69, 9.17) is 0 Å². The normalized spacial score (nSPS) is 19.6. The van der Waals surface area contributed by atoms with Gasteiger partial charge in [0.2, 0.25) is 10.0 Å². The Morgan fingerprint density at radius 2 is 2.37 bits per heavy atom. The van der Waals surface area contributed by atoms with Crippen LogP contribution in [0.2, 0.25) is 0 Å². The molecular formula is C11H16BrN3O2S2. The lowest BCUT2D eigenvalue weighted by atomic mass is 10.1. The fourth-order valence-electron chi connectivity index (χ4n) is 1.86. The summed E-state index contributed by atoms with van der Waals surface area (Å²) in [4.78, 5) is 4.24. The van der Waals surface area contributed by atoms with Crippen LogP contribution in [0.1, 0.15) is 6.42 Å². The predicted molar refractivity (Wildman–Crippen MR) is 82.1 cm³/mol. The molecule has 1 unspecified atom stereocenters. The second-order valence-electron chi connectivity index (χ2n) is 4.33. The summed E-state index contributed by atoms with van der Waals surface area (Å²) in [5.41, 5.74) is 0. The highest BCUT2D eigenvalue weighted by molar-refractivity contribution is 9.10. The standard InChI is InChI=1S/C11H16BrN3O2S2/c1-13-11-10(4-9(12)6-14-11)19(16,17)15-5-8-2-3-18-7-8/h4,6,8,15H,2-3,5,7H2,1H3,(H,13,14). The molecule has 2 heterocycles. The van der Waals surface area contributed by atoms with E-state index in [0.717, 1.165) is 17.9 Å². The minimum absolute atomic E-state index is 0.176. The van der Waals surface area contributed by atoms with Crippen LogP contribution < -0.4 is 10.0 Å². The molecule has 0 aromatic carbocycles. The quantitative estimate of drug-likeness (QED) is 0.833. The number of aromatic nitrogens is 1. The summed E-state index contributed by atoms with van der Waals surface area (Å²) >= 11 is 5.12. The second-order valence-corrected chi connectivity index (χ2v) is 8.13. The number of thioether (sulfide) groups is 1. The van der Waals surface area contributed by atoms with E-state index >= 15 is 0 Å². The van der Waals surface area contributed by atoms with E-state index in [1.54, 1.807) is 19.3 Å². The van der Waals surface area contributed by atoms with Gasteiger partial charge in [0.1, 0.15) is 10.7 Å². The van der Waals surface area contributed by atoms with Crippen molar-refractivity contribution in [3.8, 4) is 0 Å². The molecule has 0 amide bonds. The number of nitrogens with zero attached hydrogens (tertiary/aromatic N) is 1. The highest BCUT2D eigenvalue weighted by atomic mass is 79.9. The van der Waals surface area contributed by atoms with Crippen molar-refractivity contribution in [1.82, 2.24) is 9.71 Å². The number of hydrogen-bond acceptors (Lipinski definition) is 5. The number of nitrogens with one attached hydrogen (secondary N) is 2. The van der Waals surface area contributed by atoms with Crippen LogP contribution in [0.15, 0.2) is 21.6 Å². The number of pyridine rings is 1. The average Bonchev–Trinajstić information content (AvgIpc) is 2.89. The van der Waals surface area contributed by atoms with Gasteiger partial charge in [-0.3, -0.25) is 0 Å². The molecule has 1 fully saturated rings. The van der Waals surface area contributed by atoms with Crippen molar-refractivity contribution in [2.75, 3.05) is 30.4 Å². The van der Waals surface area contributed by atoms with Crippen LogP contribution in [0.3, 0.4) is 0 Å². The van der Waals surface area contributed by atoms with Gasteiger partial charge in [-0.1, -0.05) is 0 Å². The Morgan fingerprint density at radius 3 is 3.00 bits per heavy atom. The monoisotopic (exact) mass is 365 g/mol. The lowest BCUT2D eigenvalue weighted by Gasteiger charge is -2.13. The zero-order chi connectivity index (χ0) is 13.9. The summed E-state index contributed by atoms with van der Waals surface area (Å²) in [5.74, 6) is 2.93. The third-order valence-electron chi connectivity index (χ3n) is 2.93. The van der Waals surface area contributed by atoms with Crippen LogP contribution in [-0.4, -0.2) is 38.5 Å². The van der Waals surface area contributed by atoms with Gasteiger partial charge < -0.3 is 5.32 Å². The molecule has 2 N–H and O–H groups in total. The molecular weight excluding hydrogens is 350 g/mol. The first-order valence-corrected chi connectivity index (χ1v) is 9.36. The van der Waals surface area contributed by atoms with E-state index in [1.165, 1.54) is 0 Å². The molecule has 0 radical (unpaired) electrons. The molecule has 1 aromatic rings. The fraction of sp³-hybridized carbons (Fsp3) is 0.545. The first kappa shape index (κ1) is 15.1. The zero-order valence-electron chi connectivity index (χ0n) is 10.5. The van der Waals surface area contributed by atoms with Crippen LogP contribution in [-0.2, 0) is 10.0 Å². The Hall–Kier alpha value is -0.310. The van der Waals surface area contributed by atoms with Crippen LogP contribution in [0.4, 0.5) is 5.82 Å². The van der Waals surface area contributed by atoms with Gasteiger partial charge in [0, 0.05) is 24.3 Å². The van der Waals surface area contributed by atoms with E-state index in [0.29, 0.717) is 22.8 Å². The smallest absolute Gasteiger partial charge is 0.244 e. The molecule has 1 aromatic heterocycles. The van der Waals surface area contributed by atoms with Gasteiger partial charge in [-0.15, -0.1) is 0 Å². The summed E-state index contributed by atoms with van der Waals surface area (Å²) in [6, 6.07) is 1.56. The summed E-state index contributed by atoms with van der Waals surface area (Å²) < 4.78 is 27.9. The van der Waals surface area contributed by atoms with E-state index in [2.05, 4.69) is 31.0 Å². The molecule has 0 aliphatic carbocycles. The molecule has 106 valence electrons. The molecule has 2 rings (SSSR count). The molecule has 1 aliphatic heterocycles. The maximum atomic E-state index is 12.3. The van der Waals surface area contributed by atoms with Gasteiger partial charge in [0.05, 0.1) is 0 Å². The molecule has 19 heavy (non-hydrogen) atoms. The Labute approximate surface area is 126 Å². The van der Waals surface area contributed by atoms with E-state index < -0.39 is 10.0 Å². The molecule has 0 spiro atoms. The third-order valence-corrected chi connectivity index (χ3v) is 6.03. The van der Waals surface area contributed by atoms with Crippen LogP contribution >= 0.6 is 27.7 Å². The maximum absolute atomic E-state index is 12.3. The first-order chi connectivity index (χ1) is 9.03. The molecule has 5 nitrogen and oxygen atoms in total. The molecule has 0 bridgehead atoms. The van der Waals surface area contributed by atoms with Gasteiger partial charge in [0.25, 0.3) is 0 Å². The highest BCUT2D eigenvalue weighted by Gasteiger charge is 2.23. The minimum Gasteiger partial charge on any atom is -0.372 e. The Morgan fingerprint density at radius 1 is 1.58 bits per heavy atom. The number of anilines is 1. The van der Waals surface area contributed by atoms with Crippen molar-refractivity contribution in [2.24, 2.45) is 5.92 Å². The number of rotatable bonds is 5. The van der Waals surface area contributed by atoms with Crippen molar-refractivity contribution < 1.29 is 8.42 Å². The van der Waals surface area contributed by atoms with E-state index in [9.17, 15) is 8.42 Å². The second kappa shape index (κ2) is 6.43. The van der Waals surface area contributed by atoms with Crippen molar-refractivity contribution in [1.29, 1.82) is 0 Å². The maximum Gasteiger partial charge on any atom is 0.244 e. The largest absolute Gasteiger partial charge is 0.372 e.